The van der Waals surface area contributed by atoms with Gasteiger partial charge in [-0.05, 0) is 59.3 Å². The van der Waals surface area contributed by atoms with Crippen LogP contribution in [0.25, 0.3) is 0 Å². The Labute approximate surface area is 138 Å². The Kier molecular flexibility index (Phi) is 5.99. The predicted octanol–water partition coefficient (Wildman–Crippen LogP) is 4.53. The minimum absolute atomic E-state index is 0.172. The van der Waals surface area contributed by atoms with Gasteiger partial charge in [-0.2, -0.15) is 0 Å². The van der Waals surface area contributed by atoms with Crippen molar-refractivity contribution in [3.05, 3.63) is 63.0 Å². The summed E-state index contributed by atoms with van der Waals surface area (Å²) in [5.41, 5.74) is 1.67. The van der Waals surface area contributed by atoms with Gasteiger partial charge in [0.05, 0.1) is 13.2 Å². The van der Waals surface area contributed by atoms with Crippen LogP contribution in [0.1, 0.15) is 30.5 Å². The Morgan fingerprint density at radius 1 is 1.24 bits per heavy atom. The van der Waals surface area contributed by atoms with Crippen LogP contribution in [0.5, 0.6) is 5.75 Å². The van der Waals surface area contributed by atoms with Crippen molar-refractivity contribution in [1.82, 2.24) is 5.32 Å². The van der Waals surface area contributed by atoms with E-state index in [1.165, 1.54) is 7.11 Å². The molecule has 1 atom stereocenters. The lowest BCUT2D eigenvalue weighted by molar-refractivity contribution is 0.381. The van der Waals surface area contributed by atoms with Crippen molar-refractivity contribution in [2.75, 3.05) is 13.7 Å². The van der Waals surface area contributed by atoms with Crippen LogP contribution in [0, 0.1) is 9.39 Å². The Balaban J connectivity index is 2.45. The van der Waals surface area contributed by atoms with Crippen molar-refractivity contribution in [2.45, 2.75) is 19.4 Å². The summed E-state index contributed by atoms with van der Waals surface area (Å²) >= 11 is 2.27. The van der Waals surface area contributed by atoms with Crippen LogP contribution < -0.4 is 10.1 Å². The molecule has 0 aliphatic rings. The van der Waals surface area contributed by atoms with Crippen molar-refractivity contribution in [2.24, 2.45) is 0 Å². The van der Waals surface area contributed by atoms with E-state index in [4.69, 9.17) is 4.74 Å². The van der Waals surface area contributed by atoms with Crippen molar-refractivity contribution in [3.8, 4) is 5.75 Å². The average Bonchev–Trinajstić information content (AvgIpc) is 2.49. The first-order valence-electron chi connectivity index (χ1n) is 6.98. The van der Waals surface area contributed by atoms with Crippen LogP contribution >= 0.6 is 22.6 Å². The van der Waals surface area contributed by atoms with Gasteiger partial charge in [0.15, 0.2) is 11.6 Å². The number of methoxy groups -OCH3 is 1. The summed E-state index contributed by atoms with van der Waals surface area (Å²) in [6, 6.07) is 13.2. The molecule has 0 fully saturated rings. The summed E-state index contributed by atoms with van der Waals surface area (Å²) in [6.45, 7) is 2.92. The summed E-state index contributed by atoms with van der Waals surface area (Å²) in [4.78, 5) is 0. The molecule has 21 heavy (non-hydrogen) atoms. The first-order chi connectivity index (χ1) is 10.2. The molecule has 0 saturated carbocycles. The van der Waals surface area contributed by atoms with Crippen LogP contribution in [-0.2, 0) is 0 Å². The smallest absolute Gasteiger partial charge is 0.170 e. The normalized spacial score (nSPS) is 12.2. The zero-order valence-corrected chi connectivity index (χ0v) is 14.4. The summed E-state index contributed by atoms with van der Waals surface area (Å²) in [7, 11) is 1.49. The van der Waals surface area contributed by atoms with Crippen LogP contribution in [-0.4, -0.2) is 13.7 Å². The standard InChI is InChI=1S/C17H19FINO/c1-3-10-20-17(12-6-4-7-13(19)11-12)14-8-5-9-15(21-2)16(14)18/h4-9,11,17,20H,3,10H2,1-2H3. The Hall–Kier alpha value is -1.14. The number of hydrogen-bond donors (Lipinski definition) is 1. The lowest BCUT2D eigenvalue weighted by Crippen LogP contribution is -2.24. The van der Waals surface area contributed by atoms with Crippen molar-refractivity contribution in [1.29, 1.82) is 0 Å². The van der Waals surface area contributed by atoms with Gasteiger partial charge < -0.3 is 10.1 Å². The van der Waals surface area contributed by atoms with Crippen LogP contribution in [0.3, 0.4) is 0 Å². The molecule has 0 bridgehead atoms. The maximum absolute atomic E-state index is 14.6. The molecule has 0 aliphatic carbocycles. The molecular formula is C17H19FINO. The predicted molar refractivity (Wildman–Crippen MR) is 92.2 cm³/mol. The Morgan fingerprint density at radius 2 is 2.00 bits per heavy atom. The van der Waals surface area contributed by atoms with Gasteiger partial charge in [-0.1, -0.05) is 31.2 Å². The second-order valence-electron chi connectivity index (χ2n) is 4.81. The van der Waals surface area contributed by atoms with Crippen LogP contribution in [0.4, 0.5) is 4.39 Å². The van der Waals surface area contributed by atoms with Gasteiger partial charge in [0, 0.05) is 9.13 Å². The fourth-order valence-corrected chi connectivity index (χ4v) is 2.86. The SMILES string of the molecule is CCCNC(c1cccc(I)c1)c1cccc(OC)c1F. The van der Waals surface area contributed by atoms with Crippen LogP contribution in [0.2, 0.25) is 0 Å². The molecule has 112 valence electrons. The minimum Gasteiger partial charge on any atom is -0.494 e. The quantitative estimate of drug-likeness (QED) is 0.721. The first-order valence-corrected chi connectivity index (χ1v) is 8.06. The highest BCUT2D eigenvalue weighted by molar-refractivity contribution is 14.1. The zero-order valence-electron chi connectivity index (χ0n) is 12.2. The fraction of sp³-hybridized carbons (Fsp3) is 0.294. The van der Waals surface area contributed by atoms with Crippen molar-refractivity contribution in [3.63, 3.8) is 0 Å². The van der Waals surface area contributed by atoms with E-state index in [9.17, 15) is 4.39 Å². The second-order valence-corrected chi connectivity index (χ2v) is 6.05. The number of nitrogens with one attached hydrogen (secondary N) is 1. The molecule has 0 heterocycles. The third-order valence-electron chi connectivity index (χ3n) is 3.30. The summed E-state index contributed by atoms with van der Waals surface area (Å²) < 4.78 is 20.8. The van der Waals surface area contributed by atoms with Gasteiger partial charge in [-0.3, -0.25) is 0 Å². The summed E-state index contributed by atoms with van der Waals surface area (Å²) in [5.74, 6) is -0.0195. The lowest BCUT2D eigenvalue weighted by atomic mass is 9.97. The van der Waals surface area contributed by atoms with Crippen molar-refractivity contribution < 1.29 is 9.13 Å². The van der Waals surface area contributed by atoms with E-state index in [-0.39, 0.29) is 17.6 Å². The molecule has 2 rings (SSSR count). The van der Waals surface area contributed by atoms with Crippen molar-refractivity contribution >= 4 is 22.6 Å². The van der Waals surface area contributed by atoms with Gasteiger partial charge in [0.25, 0.3) is 0 Å². The highest BCUT2D eigenvalue weighted by Crippen LogP contribution is 2.30. The van der Waals surface area contributed by atoms with Crippen LogP contribution in [0.15, 0.2) is 42.5 Å². The van der Waals surface area contributed by atoms with E-state index < -0.39 is 0 Å². The molecule has 1 N–H and O–H groups in total. The monoisotopic (exact) mass is 399 g/mol. The Morgan fingerprint density at radius 3 is 2.67 bits per heavy atom. The van der Waals surface area contributed by atoms with E-state index >= 15 is 0 Å². The van der Waals surface area contributed by atoms with E-state index in [1.807, 2.05) is 30.3 Å². The number of benzene rings is 2. The van der Waals surface area contributed by atoms with E-state index in [1.54, 1.807) is 6.07 Å². The highest BCUT2D eigenvalue weighted by Gasteiger charge is 2.19. The molecule has 0 amide bonds. The minimum atomic E-state index is -0.299. The molecule has 2 aromatic rings. The highest BCUT2D eigenvalue weighted by atomic mass is 127. The molecule has 4 heteroatoms. The lowest BCUT2D eigenvalue weighted by Gasteiger charge is -2.21. The van der Waals surface area contributed by atoms with Gasteiger partial charge in [-0.25, -0.2) is 4.39 Å². The third-order valence-corrected chi connectivity index (χ3v) is 3.98. The molecule has 2 aromatic carbocycles. The molecule has 0 radical (unpaired) electrons. The van der Waals surface area contributed by atoms with Gasteiger partial charge in [0.1, 0.15) is 0 Å². The summed E-state index contributed by atoms with van der Waals surface area (Å²) in [6.07, 6.45) is 0.992. The van der Waals surface area contributed by atoms with E-state index in [0.29, 0.717) is 5.56 Å². The van der Waals surface area contributed by atoms with E-state index in [0.717, 1.165) is 22.1 Å². The first kappa shape index (κ1) is 16.2. The number of ether oxygens (including phenoxy) is 1. The molecule has 0 spiro atoms. The molecule has 1 unspecified atom stereocenters. The zero-order chi connectivity index (χ0) is 15.2. The number of rotatable bonds is 6. The molecular weight excluding hydrogens is 380 g/mol. The number of halogens is 2. The summed E-state index contributed by atoms with van der Waals surface area (Å²) in [5, 5.41) is 3.42. The number of hydrogen-bond acceptors (Lipinski definition) is 2. The van der Waals surface area contributed by atoms with Gasteiger partial charge in [0.2, 0.25) is 0 Å². The molecule has 0 aliphatic heterocycles. The largest absolute Gasteiger partial charge is 0.494 e. The maximum Gasteiger partial charge on any atom is 0.170 e. The molecule has 0 saturated heterocycles. The average molecular weight is 399 g/mol. The molecule has 2 nitrogen and oxygen atoms in total. The molecule has 0 aromatic heterocycles. The Bertz CT molecular complexity index is 603. The topological polar surface area (TPSA) is 21.3 Å². The van der Waals surface area contributed by atoms with Gasteiger partial charge >= 0.3 is 0 Å². The van der Waals surface area contributed by atoms with Gasteiger partial charge in [-0.15, -0.1) is 0 Å². The third kappa shape index (κ3) is 3.95. The second kappa shape index (κ2) is 7.75. The maximum atomic E-state index is 14.6. The fourth-order valence-electron chi connectivity index (χ4n) is 2.29. The van der Waals surface area contributed by atoms with E-state index in [2.05, 4.69) is 40.9 Å².